The Balaban J connectivity index is 1.75. The van der Waals surface area contributed by atoms with Crippen LogP contribution in [0.5, 0.6) is 0 Å². The predicted molar refractivity (Wildman–Crippen MR) is 85.3 cm³/mol. The molecule has 1 aliphatic rings. The number of rotatable bonds is 2. The van der Waals surface area contributed by atoms with E-state index in [4.69, 9.17) is 0 Å². The van der Waals surface area contributed by atoms with Crippen LogP contribution in [0.25, 0.3) is 0 Å². The topological polar surface area (TPSA) is 32.3 Å². The molecular formula is C18H19FN2O. The maximum absolute atomic E-state index is 13.4. The van der Waals surface area contributed by atoms with Crippen LogP contribution < -0.4 is 5.32 Å². The van der Waals surface area contributed by atoms with Crippen LogP contribution >= 0.6 is 0 Å². The molecule has 22 heavy (non-hydrogen) atoms. The van der Waals surface area contributed by atoms with Crippen molar-refractivity contribution in [1.82, 2.24) is 4.90 Å². The maximum Gasteiger partial charge on any atom is 0.322 e. The molecule has 0 aromatic heterocycles. The van der Waals surface area contributed by atoms with Gasteiger partial charge in [-0.3, -0.25) is 0 Å². The summed E-state index contributed by atoms with van der Waals surface area (Å²) in [4.78, 5) is 14.3. The number of likely N-dealkylation sites (tertiary alicyclic amines) is 1. The second-order valence-corrected chi connectivity index (χ2v) is 5.70. The maximum atomic E-state index is 13.4. The summed E-state index contributed by atoms with van der Waals surface area (Å²) in [7, 11) is 0. The summed E-state index contributed by atoms with van der Waals surface area (Å²) >= 11 is 0. The SMILES string of the molecule is Cc1ccc(NC(=O)N2CCC[C@@H]2c2cccc(F)c2)cc1. The molecule has 0 saturated carbocycles. The molecule has 1 fully saturated rings. The van der Waals surface area contributed by atoms with Crippen molar-refractivity contribution in [3.8, 4) is 0 Å². The standard InChI is InChI=1S/C18H19FN2O/c1-13-7-9-16(10-8-13)20-18(22)21-11-3-6-17(21)14-4-2-5-15(19)12-14/h2,4-5,7-10,12,17H,3,6,11H2,1H3,(H,20,22)/t17-/m1/s1. The highest BCUT2D eigenvalue weighted by atomic mass is 19.1. The number of carbonyl (C=O) groups excluding carboxylic acids is 1. The molecule has 4 heteroatoms. The summed E-state index contributed by atoms with van der Waals surface area (Å²) < 4.78 is 13.4. The van der Waals surface area contributed by atoms with Crippen molar-refractivity contribution in [1.29, 1.82) is 0 Å². The summed E-state index contributed by atoms with van der Waals surface area (Å²) in [5.74, 6) is -0.261. The van der Waals surface area contributed by atoms with Gasteiger partial charge in [0.15, 0.2) is 0 Å². The van der Waals surface area contributed by atoms with Crippen LogP contribution in [0.15, 0.2) is 48.5 Å². The summed E-state index contributed by atoms with van der Waals surface area (Å²) in [6, 6.07) is 14.0. The zero-order valence-electron chi connectivity index (χ0n) is 12.6. The van der Waals surface area contributed by atoms with Gasteiger partial charge in [0.2, 0.25) is 0 Å². The summed E-state index contributed by atoms with van der Waals surface area (Å²) in [5, 5.41) is 2.92. The Hall–Kier alpha value is -2.36. The number of carbonyl (C=O) groups is 1. The molecule has 1 atom stereocenters. The molecular weight excluding hydrogens is 279 g/mol. The van der Waals surface area contributed by atoms with Gasteiger partial charge in [-0.05, 0) is 49.6 Å². The van der Waals surface area contributed by atoms with E-state index in [-0.39, 0.29) is 17.9 Å². The number of amides is 2. The zero-order chi connectivity index (χ0) is 15.5. The van der Waals surface area contributed by atoms with Gasteiger partial charge in [-0.1, -0.05) is 29.8 Å². The molecule has 1 saturated heterocycles. The number of hydrogen-bond acceptors (Lipinski definition) is 1. The van der Waals surface area contributed by atoms with Crippen molar-refractivity contribution >= 4 is 11.7 Å². The normalized spacial score (nSPS) is 17.5. The molecule has 1 aliphatic heterocycles. The van der Waals surface area contributed by atoms with Gasteiger partial charge < -0.3 is 10.2 Å². The van der Waals surface area contributed by atoms with Crippen LogP contribution in [0.3, 0.4) is 0 Å². The molecule has 0 aliphatic carbocycles. The van der Waals surface area contributed by atoms with E-state index in [1.165, 1.54) is 12.1 Å². The fourth-order valence-corrected chi connectivity index (χ4v) is 2.90. The molecule has 3 nitrogen and oxygen atoms in total. The van der Waals surface area contributed by atoms with Crippen molar-refractivity contribution in [2.24, 2.45) is 0 Å². The van der Waals surface area contributed by atoms with Crippen LogP contribution in [-0.2, 0) is 0 Å². The van der Waals surface area contributed by atoms with E-state index < -0.39 is 0 Å². The highest BCUT2D eigenvalue weighted by Crippen LogP contribution is 2.32. The van der Waals surface area contributed by atoms with Crippen molar-refractivity contribution in [2.75, 3.05) is 11.9 Å². The number of anilines is 1. The zero-order valence-corrected chi connectivity index (χ0v) is 12.6. The largest absolute Gasteiger partial charge is 0.322 e. The van der Waals surface area contributed by atoms with Crippen molar-refractivity contribution in [3.05, 3.63) is 65.5 Å². The number of aryl methyl sites for hydroxylation is 1. The lowest BCUT2D eigenvalue weighted by atomic mass is 10.0. The molecule has 0 bridgehead atoms. The molecule has 0 spiro atoms. The van der Waals surface area contributed by atoms with Gasteiger partial charge in [-0.2, -0.15) is 0 Å². The fourth-order valence-electron chi connectivity index (χ4n) is 2.90. The number of nitrogens with one attached hydrogen (secondary N) is 1. The van der Waals surface area contributed by atoms with Crippen molar-refractivity contribution in [3.63, 3.8) is 0 Å². The molecule has 1 N–H and O–H groups in total. The highest BCUT2D eigenvalue weighted by Gasteiger charge is 2.30. The Morgan fingerprint density at radius 2 is 2.00 bits per heavy atom. The average Bonchev–Trinajstić information content (AvgIpc) is 2.99. The first kappa shape index (κ1) is 14.6. The molecule has 114 valence electrons. The van der Waals surface area contributed by atoms with Gasteiger partial charge in [-0.15, -0.1) is 0 Å². The average molecular weight is 298 g/mol. The van der Waals surface area contributed by atoms with Crippen LogP contribution in [0, 0.1) is 12.7 Å². The van der Waals surface area contributed by atoms with Crippen molar-refractivity contribution < 1.29 is 9.18 Å². The Bertz CT molecular complexity index is 669. The van der Waals surface area contributed by atoms with Gasteiger partial charge in [0.1, 0.15) is 5.82 Å². The van der Waals surface area contributed by atoms with Gasteiger partial charge in [0.05, 0.1) is 6.04 Å². The smallest absolute Gasteiger partial charge is 0.317 e. The van der Waals surface area contributed by atoms with Crippen LogP contribution in [0.2, 0.25) is 0 Å². The number of benzene rings is 2. The summed E-state index contributed by atoms with van der Waals surface area (Å²) in [6.45, 7) is 2.70. The van der Waals surface area contributed by atoms with E-state index in [0.29, 0.717) is 6.54 Å². The fraction of sp³-hybridized carbons (Fsp3) is 0.278. The van der Waals surface area contributed by atoms with E-state index in [9.17, 15) is 9.18 Å². The van der Waals surface area contributed by atoms with Gasteiger partial charge in [0, 0.05) is 12.2 Å². The van der Waals surface area contributed by atoms with Crippen LogP contribution in [0.1, 0.15) is 30.0 Å². The first-order valence-corrected chi connectivity index (χ1v) is 7.53. The minimum absolute atomic E-state index is 0.0545. The quantitative estimate of drug-likeness (QED) is 0.869. The first-order chi connectivity index (χ1) is 10.6. The van der Waals surface area contributed by atoms with Gasteiger partial charge in [0.25, 0.3) is 0 Å². The number of urea groups is 1. The second kappa shape index (κ2) is 6.18. The molecule has 2 aromatic rings. The molecule has 1 heterocycles. The predicted octanol–water partition coefficient (Wildman–Crippen LogP) is 4.50. The van der Waals surface area contributed by atoms with E-state index in [1.807, 2.05) is 37.3 Å². The minimum atomic E-state index is -0.261. The van der Waals surface area contributed by atoms with Gasteiger partial charge in [-0.25, -0.2) is 9.18 Å². The molecule has 2 amide bonds. The number of nitrogens with zero attached hydrogens (tertiary/aromatic N) is 1. The summed E-state index contributed by atoms with van der Waals surface area (Å²) in [5.41, 5.74) is 2.79. The monoisotopic (exact) mass is 298 g/mol. The Kier molecular flexibility index (Phi) is 4.09. The second-order valence-electron chi connectivity index (χ2n) is 5.70. The summed E-state index contributed by atoms with van der Waals surface area (Å²) in [6.07, 6.45) is 1.80. The Labute approximate surface area is 129 Å². The third-order valence-electron chi connectivity index (χ3n) is 4.05. The Morgan fingerprint density at radius 1 is 1.23 bits per heavy atom. The van der Waals surface area contributed by atoms with Crippen LogP contribution in [-0.4, -0.2) is 17.5 Å². The molecule has 0 unspecified atom stereocenters. The number of hydrogen-bond donors (Lipinski definition) is 1. The lowest BCUT2D eigenvalue weighted by molar-refractivity contribution is 0.207. The van der Waals surface area contributed by atoms with Crippen molar-refractivity contribution in [2.45, 2.75) is 25.8 Å². The minimum Gasteiger partial charge on any atom is -0.317 e. The molecule has 2 aromatic carbocycles. The third kappa shape index (κ3) is 3.11. The first-order valence-electron chi connectivity index (χ1n) is 7.53. The number of halogens is 1. The van der Waals surface area contributed by atoms with Crippen LogP contribution in [0.4, 0.5) is 14.9 Å². The van der Waals surface area contributed by atoms with E-state index in [0.717, 1.165) is 29.7 Å². The Morgan fingerprint density at radius 3 is 2.73 bits per heavy atom. The molecule has 3 rings (SSSR count). The molecule has 0 radical (unpaired) electrons. The van der Waals surface area contributed by atoms with E-state index >= 15 is 0 Å². The van der Waals surface area contributed by atoms with E-state index in [2.05, 4.69) is 5.32 Å². The lowest BCUT2D eigenvalue weighted by Crippen LogP contribution is -2.34. The van der Waals surface area contributed by atoms with E-state index in [1.54, 1.807) is 11.0 Å². The van der Waals surface area contributed by atoms with Gasteiger partial charge >= 0.3 is 6.03 Å². The third-order valence-corrected chi connectivity index (χ3v) is 4.05. The highest BCUT2D eigenvalue weighted by molar-refractivity contribution is 5.89. The lowest BCUT2D eigenvalue weighted by Gasteiger charge is -2.25.